The standard InChI is InChI=1S/C17H16BrNO3/c18-8-9-19-10-11-21-16-7-6-14(12-15(16)19)22-17(20)13-4-2-1-3-5-13/h1-7,12H,8-11H2. The lowest BCUT2D eigenvalue weighted by atomic mass is 10.2. The fraction of sp³-hybridized carbons (Fsp3) is 0.235. The quantitative estimate of drug-likeness (QED) is 0.474. The van der Waals surface area contributed by atoms with Crippen LogP contribution in [0.3, 0.4) is 0 Å². The second-order valence-electron chi connectivity index (χ2n) is 4.91. The van der Waals surface area contributed by atoms with Crippen LogP contribution in [0.4, 0.5) is 5.69 Å². The molecule has 2 aromatic carbocycles. The van der Waals surface area contributed by atoms with E-state index in [1.165, 1.54) is 0 Å². The summed E-state index contributed by atoms with van der Waals surface area (Å²) in [6, 6.07) is 14.4. The molecular formula is C17H16BrNO3. The predicted octanol–water partition coefficient (Wildman–Crippen LogP) is 3.50. The van der Waals surface area contributed by atoms with Crippen LogP contribution in [-0.2, 0) is 0 Å². The van der Waals surface area contributed by atoms with Gasteiger partial charge in [0.05, 0.1) is 17.8 Å². The lowest BCUT2D eigenvalue weighted by molar-refractivity contribution is 0.0734. The zero-order valence-corrected chi connectivity index (χ0v) is 13.6. The number of rotatable bonds is 4. The number of carbonyl (C=O) groups is 1. The minimum Gasteiger partial charge on any atom is -0.490 e. The van der Waals surface area contributed by atoms with Crippen LogP contribution >= 0.6 is 15.9 Å². The van der Waals surface area contributed by atoms with Crippen LogP contribution in [-0.4, -0.2) is 31.0 Å². The third kappa shape index (κ3) is 3.25. The fourth-order valence-electron chi connectivity index (χ4n) is 2.39. The molecule has 0 saturated carbocycles. The van der Waals surface area contributed by atoms with E-state index in [2.05, 4.69) is 20.8 Å². The summed E-state index contributed by atoms with van der Waals surface area (Å²) in [5.74, 6) is 0.994. The predicted molar refractivity (Wildman–Crippen MR) is 89.3 cm³/mol. The van der Waals surface area contributed by atoms with Crippen molar-refractivity contribution in [3.05, 3.63) is 54.1 Å². The lowest BCUT2D eigenvalue weighted by Gasteiger charge is -2.30. The molecule has 0 atom stereocenters. The molecule has 2 aromatic rings. The highest BCUT2D eigenvalue weighted by atomic mass is 79.9. The van der Waals surface area contributed by atoms with E-state index in [1.54, 1.807) is 18.2 Å². The van der Waals surface area contributed by atoms with Gasteiger partial charge in [0, 0.05) is 17.9 Å². The summed E-state index contributed by atoms with van der Waals surface area (Å²) in [7, 11) is 0. The van der Waals surface area contributed by atoms with Crippen molar-refractivity contribution >= 4 is 27.6 Å². The van der Waals surface area contributed by atoms with Gasteiger partial charge in [-0.05, 0) is 24.3 Å². The SMILES string of the molecule is O=C(Oc1ccc2c(c1)N(CCBr)CCO2)c1ccccc1. The largest absolute Gasteiger partial charge is 0.490 e. The van der Waals surface area contributed by atoms with E-state index in [4.69, 9.17) is 9.47 Å². The molecule has 0 N–H and O–H groups in total. The molecule has 0 fully saturated rings. The second kappa shape index (κ2) is 6.83. The van der Waals surface area contributed by atoms with E-state index in [0.29, 0.717) is 17.9 Å². The monoisotopic (exact) mass is 361 g/mol. The Morgan fingerprint density at radius 3 is 2.82 bits per heavy atom. The van der Waals surface area contributed by atoms with E-state index in [-0.39, 0.29) is 5.97 Å². The molecule has 3 rings (SSSR count). The van der Waals surface area contributed by atoms with Crippen LogP contribution in [0.5, 0.6) is 11.5 Å². The number of nitrogens with zero attached hydrogens (tertiary/aromatic N) is 1. The van der Waals surface area contributed by atoms with Crippen LogP contribution in [0.25, 0.3) is 0 Å². The fourth-order valence-corrected chi connectivity index (χ4v) is 2.82. The van der Waals surface area contributed by atoms with Gasteiger partial charge >= 0.3 is 5.97 Å². The van der Waals surface area contributed by atoms with Crippen molar-refractivity contribution in [1.29, 1.82) is 0 Å². The molecule has 4 nitrogen and oxygen atoms in total. The van der Waals surface area contributed by atoms with E-state index in [9.17, 15) is 4.79 Å². The number of anilines is 1. The smallest absolute Gasteiger partial charge is 0.343 e. The zero-order chi connectivity index (χ0) is 15.4. The van der Waals surface area contributed by atoms with Crippen LogP contribution in [0.1, 0.15) is 10.4 Å². The third-order valence-corrected chi connectivity index (χ3v) is 3.82. The average Bonchev–Trinajstić information content (AvgIpc) is 2.56. The Morgan fingerprint density at radius 2 is 2.05 bits per heavy atom. The first-order valence-electron chi connectivity index (χ1n) is 7.13. The zero-order valence-electron chi connectivity index (χ0n) is 12.0. The summed E-state index contributed by atoms with van der Waals surface area (Å²) in [6.45, 7) is 2.38. The third-order valence-electron chi connectivity index (χ3n) is 3.46. The molecule has 0 aromatic heterocycles. The van der Waals surface area contributed by atoms with Crippen molar-refractivity contribution in [2.75, 3.05) is 29.9 Å². The van der Waals surface area contributed by atoms with Gasteiger partial charge in [0.2, 0.25) is 0 Å². The molecule has 0 spiro atoms. The van der Waals surface area contributed by atoms with Crippen molar-refractivity contribution in [1.82, 2.24) is 0 Å². The molecule has 1 aliphatic heterocycles. The molecule has 5 heteroatoms. The molecule has 114 valence electrons. The highest BCUT2D eigenvalue weighted by molar-refractivity contribution is 9.09. The molecule has 1 aliphatic rings. The Hall–Kier alpha value is -2.01. The molecule has 0 aliphatic carbocycles. The minimum absolute atomic E-state index is 0.357. The van der Waals surface area contributed by atoms with E-state index < -0.39 is 0 Å². The summed E-state index contributed by atoms with van der Waals surface area (Å²) in [5.41, 5.74) is 1.50. The van der Waals surface area contributed by atoms with Gasteiger partial charge in [0.15, 0.2) is 0 Å². The van der Waals surface area contributed by atoms with Crippen molar-refractivity contribution in [3.8, 4) is 11.5 Å². The van der Waals surface area contributed by atoms with Gasteiger partial charge in [-0.2, -0.15) is 0 Å². The molecule has 0 amide bonds. The number of hydrogen-bond acceptors (Lipinski definition) is 4. The van der Waals surface area contributed by atoms with E-state index in [1.807, 2.05) is 30.3 Å². The number of hydrogen-bond donors (Lipinski definition) is 0. The number of halogens is 1. The van der Waals surface area contributed by atoms with E-state index >= 15 is 0 Å². The average molecular weight is 362 g/mol. The number of carbonyl (C=O) groups excluding carboxylic acids is 1. The van der Waals surface area contributed by atoms with Crippen molar-refractivity contribution in [2.45, 2.75) is 0 Å². The Morgan fingerprint density at radius 1 is 1.23 bits per heavy atom. The molecule has 1 heterocycles. The molecule has 0 unspecified atom stereocenters. The first kappa shape index (κ1) is 14.9. The second-order valence-corrected chi connectivity index (χ2v) is 5.70. The van der Waals surface area contributed by atoms with Gasteiger partial charge in [-0.3, -0.25) is 0 Å². The van der Waals surface area contributed by atoms with Crippen LogP contribution in [0.15, 0.2) is 48.5 Å². The first-order valence-corrected chi connectivity index (χ1v) is 8.25. The maximum absolute atomic E-state index is 12.1. The molecule has 0 saturated heterocycles. The maximum atomic E-state index is 12.1. The van der Waals surface area contributed by atoms with Gasteiger partial charge in [-0.1, -0.05) is 34.1 Å². The highest BCUT2D eigenvalue weighted by Crippen LogP contribution is 2.35. The molecule has 0 bridgehead atoms. The van der Waals surface area contributed by atoms with Crippen molar-refractivity contribution in [3.63, 3.8) is 0 Å². The van der Waals surface area contributed by atoms with E-state index in [0.717, 1.165) is 29.9 Å². The summed E-state index contributed by atoms with van der Waals surface area (Å²) < 4.78 is 11.1. The summed E-state index contributed by atoms with van der Waals surface area (Å²) in [5, 5.41) is 0.875. The van der Waals surface area contributed by atoms with Gasteiger partial charge in [0.25, 0.3) is 0 Å². The first-order chi connectivity index (χ1) is 10.8. The number of alkyl halides is 1. The Bertz CT molecular complexity index is 660. The summed E-state index contributed by atoms with van der Waals surface area (Å²) >= 11 is 3.46. The van der Waals surface area contributed by atoms with Crippen LogP contribution < -0.4 is 14.4 Å². The molecular weight excluding hydrogens is 346 g/mol. The van der Waals surface area contributed by atoms with Crippen molar-refractivity contribution < 1.29 is 14.3 Å². The van der Waals surface area contributed by atoms with Crippen molar-refractivity contribution in [2.24, 2.45) is 0 Å². The molecule has 22 heavy (non-hydrogen) atoms. The van der Waals surface area contributed by atoms with Gasteiger partial charge < -0.3 is 14.4 Å². The Balaban J connectivity index is 1.81. The Kier molecular flexibility index (Phi) is 4.63. The number of fused-ring (bicyclic) bond motifs is 1. The van der Waals surface area contributed by atoms with Gasteiger partial charge in [-0.15, -0.1) is 0 Å². The maximum Gasteiger partial charge on any atom is 0.343 e. The Labute approximate surface area is 137 Å². The minimum atomic E-state index is -0.357. The number of esters is 1. The summed E-state index contributed by atoms with van der Waals surface area (Å²) in [4.78, 5) is 14.3. The van der Waals surface area contributed by atoms with Gasteiger partial charge in [-0.25, -0.2) is 4.79 Å². The van der Waals surface area contributed by atoms with Gasteiger partial charge in [0.1, 0.15) is 18.1 Å². The number of ether oxygens (including phenoxy) is 2. The molecule has 0 radical (unpaired) electrons. The number of benzene rings is 2. The van der Waals surface area contributed by atoms with Crippen LogP contribution in [0, 0.1) is 0 Å². The topological polar surface area (TPSA) is 38.8 Å². The van der Waals surface area contributed by atoms with Crippen LogP contribution in [0.2, 0.25) is 0 Å². The lowest BCUT2D eigenvalue weighted by Crippen LogP contribution is -2.34. The summed E-state index contributed by atoms with van der Waals surface area (Å²) in [6.07, 6.45) is 0. The normalized spacial score (nSPS) is 13.2. The highest BCUT2D eigenvalue weighted by Gasteiger charge is 2.19.